The van der Waals surface area contributed by atoms with Crippen LogP contribution < -0.4 is 4.72 Å². The SMILES string of the molecule is CNS(=O)(=O)c1ccc(Cl)c(CO)c1Cl. The van der Waals surface area contributed by atoms with E-state index in [0.717, 1.165) is 0 Å². The van der Waals surface area contributed by atoms with E-state index in [0.29, 0.717) is 0 Å². The summed E-state index contributed by atoms with van der Waals surface area (Å²) in [6, 6.07) is 2.67. The second kappa shape index (κ2) is 4.67. The summed E-state index contributed by atoms with van der Waals surface area (Å²) >= 11 is 11.5. The van der Waals surface area contributed by atoms with E-state index < -0.39 is 16.6 Å². The maximum atomic E-state index is 11.5. The van der Waals surface area contributed by atoms with Crippen LogP contribution in [0.5, 0.6) is 0 Å². The Kier molecular flexibility index (Phi) is 3.97. The molecule has 0 aliphatic rings. The van der Waals surface area contributed by atoms with Gasteiger partial charge in [-0.05, 0) is 19.2 Å². The predicted octanol–water partition coefficient (Wildman–Crippen LogP) is 1.39. The molecule has 0 amide bonds. The molecule has 7 heteroatoms. The van der Waals surface area contributed by atoms with Gasteiger partial charge in [0.05, 0.1) is 11.6 Å². The van der Waals surface area contributed by atoms with Crippen molar-refractivity contribution >= 4 is 33.2 Å². The van der Waals surface area contributed by atoms with E-state index in [1.54, 1.807) is 0 Å². The zero-order valence-electron chi connectivity index (χ0n) is 7.79. The van der Waals surface area contributed by atoms with Gasteiger partial charge in [0.25, 0.3) is 0 Å². The Morgan fingerprint density at radius 3 is 2.47 bits per heavy atom. The van der Waals surface area contributed by atoms with Crippen LogP contribution in [0.1, 0.15) is 5.56 Å². The van der Waals surface area contributed by atoms with Crippen LogP contribution in [0.4, 0.5) is 0 Å². The monoisotopic (exact) mass is 269 g/mol. The summed E-state index contributed by atoms with van der Waals surface area (Å²) in [5.41, 5.74) is 0.203. The number of nitrogens with one attached hydrogen (secondary N) is 1. The van der Waals surface area contributed by atoms with Crippen molar-refractivity contribution in [3.05, 3.63) is 27.7 Å². The number of benzene rings is 1. The molecular weight excluding hydrogens is 261 g/mol. The van der Waals surface area contributed by atoms with Gasteiger partial charge in [-0.1, -0.05) is 23.2 Å². The van der Waals surface area contributed by atoms with Crippen LogP contribution in [-0.4, -0.2) is 20.6 Å². The van der Waals surface area contributed by atoms with Gasteiger partial charge in [-0.2, -0.15) is 0 Å². The molecule has 0 radical (unpaired) electrons. The minimum atomic E-state index is -3.63. The average Bonchev–Trinajstić information content (AvgIpc) is 2.18. The summed E-state index contributed by atoms with van der Waals surface area (Å²) in [5, 5.41) is 9.16. The lowest BCUT2D eigenvalue weighted by atomic mass is 10.2. The van der Waals surface area contributed by atoms with E-state index >= 15 is 0 Å². The Bertz CT molecular complexity index is 473. The van der Waals surface area contributed by atoms with Crippen molar-refractivity contribution in [2.75, 3.05) is 7.05 Å². The minimum absolute atomic E-state index is 0.0562. The molecule has 0 saturated heterocycles. The van der Waals surface area contributed by atoms with Crippen molar-refractivity contribution in [3.63, 3.8) is 0 Å². The first-order valence-electron chi connectivity index (χ1n) is 3.95. The number of halogens is 2. The molecule has 1 aromatic carbocycles. The van der Waals surface area contributed by atoms with Crippen LogP contribution in [0.15, 0.2) is 17.0 Å². The molecule has 84 valence electrons. The molecule has 0 saturated carbocycles. The highest BCUT2D eigenvalue weighted by atomic mass is 35.5. The molecule has 0 bridgehead atoms. The second-order valence-electron chi connectivity index (χ2n) is 2.70. The Morgan fingerprint density at radius 1 is 1.40 bits per heavy atom. The Morgan fingerprint density at radius 2 is 2.00 bits per heavy atom. The first-order chi connectivity index (χ1) is 6.94. The number of rotatable bonds is 3. The number of hydrogen-bond acceptors (Lipinski definition) is 3. The third kappa shape index (κ3) is 2.43. The van der Waals surface area contributed by atoms with Crippen LogP contribution in [0, 0.1) is 0 Å². The topological polar surface area (TPSA) is 66.4 Å². The zero-order valence-corrected chi connectivity index (χ0v) is 10.1. The Labute approximate surface area is 97.9 Å². The number of aliphatic hydroxyl groups excluding tert-OH is 1. The van der Waals surface area contributed by atoms with Crippen LogP contribution in [0.2, 0.25) is 10.0 Å². The van der Waals surface area contributed by atoms with Gasteiger partial charge in [0.1, 0.15) is 4.90 Å². The third-order valence-corrected chi connectivity index (χ3v) is 4.22. The molecule has 1 aromatic rings. The highest BCUT2D eigenvalue weighted by molar-refractivity contribution is 7.89. The van der Waals surface area contributed by atoms with Crippen molar-refractivity contribution in [3.8, 4) is 0 Å². The van der Waals surface area contributed by atoms with E-state index in [1.165, 1.54) is 19.2 Å². The summed E-state index contributed by atoms with van der Waals surface area (Å²) in [4.78, 5) is -0.0971. The summed E-state index contributed by atoms with van der Waals surface area (Å²) < 4.78 is 25.1. The molecule has 0 aliphatic carbocycles. The molecule has 0 aliphatic heterocycles. The highest BCUT2D eigenvalue weighted by Crippen LogP contribution is 2.30. The Hall–Kier alpha value is -0.330. The van der Waals surface area contributed by atoms with Gasteiger partial charge >= 0.3 is 0 Å². The third-order valence-electron chi connectivity index (χ3n) is 1.87. The summed E-state index contributed by atoms with van der Waals surface area (Å²) in [6.07, 6.45) is 0. The van der Waals surface area contributed by atoms with Crippen LogP contribution in [-0.2, 0) is 16.6 Å². The Balaban J connectivity index is 3.48. The van der Waals surface area contributed by atoms with Crippen molar-refractivity contribution < 1.29 is 13.5 Å². The zero-order chi connectivity index (χ0) is 11.6. The van der Waals surface area contributed by atoms with Gasteiger partial charge < -0.3 is 5.11 Å². The highest BCUT2D eigenvalue weighted by Gasteiger charge is 2.19. The molecular formula is C8H9Cl2NO3S. The van der Waals surface area contributed by atoms with Crippen molar-refractivity contribution in [2.24, 2.45) is 0 Å². The summed E-state index contributed by atoms with van der Waals surface area (Å²) in [6.45, 7) is -0.412. The fraction of sp³-hybridized carbons (Fsp3) is 0.250. The molecule has 0 aromatic heterocycles. The molecule has 0 fully saturated rings. The van der Waals surface area contributed by atoms with Crippen LogP contribution >= 0.6 is 23.2 Å². The van der Waals surface area contributed by atoms with Crippen molar-refractivity contribution in [1.82, 2.24) is 4.72 Å². The minimum Gasteiger partial charge on any atom is -0.392 e. The molecule has 15 heavy (non-hydrogen) atoms. The summed E-state index contributed by atoms with van der Waals surface area (Å²) in [5.74, 6) is 0. The normalized spacial score (nSPS) is 11.7. The smallest absolute Gasteiger partial charge is 0.241 e. The van der Waals surface area contributed by atoms with Gasteiger partial charge in [-0.15, -0.1) is 0 Å². The molecule has 1 rings (SSSR count). The van der Waals surface area contributed by atoms with E-state index in [-0.39, 0.29) is 20.5 Å². The molecule has 2 N–H and O–H groups in total. The second-order valence-corrected chi connectivity index (χ2v) is 5.34. The van der Waals surface area contributed by atoms with Gasteiger partial charge in [0.2, 0.25) is 10.0 Å². The lowest BCUT2D eigenvalue weighted by molar-refractivity contribution is 0.281. The van der Waals surface area contributed by atoms with Crippen molar-refractivity contribution in [2.45, 2.75) is 11.5 Å². The maximum Gasteiger partial charge on any atom is 0.241 e. The summed E-state index contributed by atoms with van der Waals surface area (Å²) in [7, 11) is -2.35. The van der Waals surface area contributed by atoms with Gasteiger partial charge in [-0.3, -0.25) is 0 Å². The quantitative estimate of drug-likeness (QED) is 0.872. The first-order valence-corrected chi connectivity index (χ1v) is 6.19. The van der Waals surface area contributed by atoms with E-state index in [9.17, 15) is 8.42 Å². The lowest BCUT2D eigenvalue weighted by Crippen LogP contribution is -2.19. The largest absolute Gasteiger partial charge is 0.392 e. The number of hydrogen-bond donors (Lipinski definition) is 2. The molecule has 0 spiro atoms. The fourth-order valence-corrected chi connectivity index (χ4v) is 2.66. The molecule has 0 heterocycles. The number of aliphatic hydroxyl groups is 1. The maximum absolute atomic E-state index is 11.5. The number of sulfonamides is 1. The average molecular weight is 270 g/mol. The van der Waals surface area contributed by atoms with E-state index in [2.05, 4.69) is 4.72 Å². The van der Waals surface area contributed by atoms with Crippen molar-refractivity contribution in [1.29, 1.82) is 0 Å². The molecule has 0 atom stereocenters. The van der Waals surface area contributed by atoms with Gasteiger partial charge in [-0.25, -0.2) is 13.1 Å². The standard InChI is InChI=1S/C8H9Cl2NO3S/c1-11-15(13,14)7-3-2-6(9)5(4-12)8(7)10/h2-3,11-12H,4H2,1H3. The molecule has 4 nitrogen and oxygen atoms in total. The van der Waals surface area contributed by atoms with E-state index in [1.807, 2.05) is 0 Å². The first kappa shape index (κ1) is 12.7. The van der Waals surface area contributed by atoms with Crippen LogP contribution in [0.3, 0.4) is 0 Å². The fourth-order valence-electron chi connectivity index (χ4n) is 1.04. The molecule has 0 unspecified atom stereocenters. The van der Waals surface area contributed by atoms with Gasteiger partial charge in [0, 0.05) is 10.6 Å². The van der Waals surface area contributed by atoms with E-state index in [4.69, 9.17) is 28.3 Å². The predicted molar refractivity (Wildman–Crippen MR) is 58.6 cm³/mol. The van der Waals surface area contributed by atoms with Gasteiger partial charge in [0.15, 0.2) is 0 Å². The lowest BCUT2D eigenvalue weighted by Gasteiger charge is -2.09. The van der Waals surface area contributed by atoms with Crippen LogP contribution in [0.25, 0.3) is 0 Å².